The quantitative estimate of drug-likeness (QED) is 0.825. The molecule has 4 heteroatoms. The number of ketones is 1. The highest BCUT2D eigenvalue weighted by Crippen LogP contribution is 2.29. The molecule has 0 bridgehead atoms. The van der Waals surface area contributed by atoms with E-state index < -0.39 is 11.9 Å². The minimum Gasteiger partial charge on any atom is -0.481 e. The van der Waals surface area contributed by atoms with Crippen molar-refractivity contribution in [2.24, 2.45) is 5.92 Å². The first-order chi connectivity index (χ1) is 8.52. The Bertz CT molecular complexity index is 519. The maximum Gasteiger partial charge on any atom is 0.312 e. The van der Waals surface area contributed by atoms with Crippen LogP contribution in [0.3, 0.4) is 0 Å². The molecular formula is C14H15NO3. The molecule has 1 unspecified atom stereocenters. The Labute approximate surface area is 106 Å². The second-order valence-electron chi connectivity index (χ2n) is 4.50. The Hall–Kier alpha value is -2.10. The average Bonchev–Trinajstić information content (AvgIpc) is 2.65. The van der Waals surface area contributed by atoms with E-state index in [1.54, 1.807) is 43.1 Å². The fraction of sp³-hybridized carbons (Fsp3) is 0.286. The maximum absolute atomic E-state index is 12.3. The van der Waals surface area contributed by atoms with E-state index in [2.05, 4.69) is 0 Å². The van der Waals surface area contributed by atoms with E-state index in [-0.39, 0.29) is 5.78 Å². The number of Topliss-reactive ketones (excluding diaryl/α,β-unsaturated/α-hetero) is 1. The van der Waals surface area contributed by atoms with E-state index in [4.69, 9.17) is 5.11 Å². The van der Waals surface area contributed by atoms with Gasteiger partial charge in [0.25, 0.3) is 0 Å². The standard InChI is InChI=1S/C14H15NO3/c1-9-11(14(17)18)8-15(2)12(9)13(16)10-6-4-3-5-7-10/h3-7,11H,8H2,1-2H3,(H,17,18). The summed E-state index contributed by atoms with van der Waals surface area (Å²) in [6.07, 6.45) is 0. The Balaban J connectivity index is 2.38. The van der Waals surface area contributed by atoms with Crippen LogP contribution in [-0.2, 0) is 4.79 Å². The molecule has 4 nitrogen and oxygen atoms in total. The van der Waals surface area contributed by atoms with Gasteiger partial charge in [0.1, 0.15) is 0 Å². The highest BCUT2D eigenvalue weighted by atomic mass is 16.4. The zero-order chi connectivity index (χ0) is 13.3. The maximum atomic E-state index is 12.3. The summed E-state index contributed by atoms with van der Waals surface area (Å²) in [5.74, 6) is -1.58. The molecule has 1 aromatic rings. The van der Waals surface area contributed by atoms with Gasteiger partial charge in [-0.25, -0.2) is 0 Å². The summed E-state index contributed by atoms with van der Waals surface area (Å²) in [4.78, 5) is 25.2. The van der Waals surface area contributed by atoms with Crippen LogP contribution >= 0.6 is 0 Å². The number of hydrogen-bond donors (Lipinski definition) is 1. The molecule has 0 saturated carbocycles. The fourth-order valence-electron chi connectivity index (χ4n) is 2.31. The van der Waals surface area contributed by atoms with Gasteiger partial charge < -0.3 is 10.0 Å². The summed E-state index contributed by atoms with van der Waals surface area (Å²) in [7, 11) is 1.75. The summed E-state index contributed by atoms with van der Waals surface area (Å²) >= 11 is 0. The van der Waals surface area contributed by atoms with Crippen LogP contribution in [0, 0.1) is 5.92 Å². The molecule has 1 N–H and O–H groups in total. The molecule has 0 fully saturated rings. The van der Waals surface area contributed by atoms with E-state index in [1.165, 1.54) is 0 Å². The zero-order valence-electron chi connectivity index (χ0n) is 10.4. The van der Waals surface area contributed by atoms with Gasteiger partial charge in [0.15, 0.2) is 0 Å². The molecule has 18 heavy (non-hydrogen) atoms. The molecule has 1 aromatic carbocycles. The lowest BCUT2D eigenvalue weighted by atomic mass is 9.99. The third-order valence-electron chi connectivity index (χ3n) is 3.28. The van der Waals surface area contributed by atoms with E-state index in [9.17, 15) is 9.59 Å². The Morgan fingerprint density at radius 2 is 1.89 bits per heavy atom. The molecule has 94 valence electrons. The number of carbonyl (C=O) groups is 2. The lowest BCUT2D eigenvalue weighted by Gasteiger charge is -2.15. The normalized spacial score (nSPS) is 19.2. The molecule has 1 aliphatic heterocycles. The highest BCUT2D eigenvalue weighted by molar-refractivity contribution is 6.09. The number of nitrogens with zero attached hydrogens (tertiary/aromatic N) is 1. The number of likely N-dealkylation sites (N-methyl/N-ethyl adjacent to an activating group) is 1. The van der Waals surface area contributed by atoms with Crippen molar-refractivity contribution >= 4 is 11.8 Å². The van der Waals surface area contributed by atoms with E-state index >= 15 is 0 Å². The predicted octanol–water partition coefficient (Wildman–Crippen LogP) is 1.79. The van der Waals surface area contributed by atoms with Gasteiger partial charge in [0.2, 0.25) is 5.78 Å². The van der Waals surface area contributed by atoms with E-state index in [1.807, 2.05) is 6.07 Å². The van der Waals surface area contributed by atoms with Crippen LogP contribution in [0.15, 0.2) is 41.6 Å². The number of carbonyl (C=O) groups excluding carboxylic acids is 1. The summed E-state index contributed by atoms with van der Waals surface area (Å²) < 4.78 is 0. The van der Waals surface area contributed by atoms with Crippen LogP contribution < -0.4 is 0 Å². The third kappa shape index (κ3) is 2.01. The van der Waals surface area contributed by atoms with Crippen LogP contribution in [0.25, 0.3) is 0 Å². The van der Waals surface area contributed by atoms with Crippen molar-refractivity contribution in [3.8, 4) is 0 Å². The van der Waals surface area contributed by atoms with Crippen LogP contribution in [0.4, 0.5) is 0 Å². The molecule has 2 rings (SSSR count). The van der Waals surface area contributed by atoms with Crippen LogP contribution in [0.1, 0.15) is 17.3 Å². The molecule has 0 aliphatic carbocycles. The highest BCUT2D eigenvalue weighted by Gasteiger charge is 2.35. The zero-order valence-corrected chi connectivity index (χ0v) is 10.4. The number of carboxylic acid groups (broad SMARTS) is 1. The van der Waals surface area contributed by atoms with Gasteiger partial charge in [-0.1, -0.05) is 30.3 Å². The predicted molar refractivity (Wildman–Crippen MR) is 67.2 cm³/mol. The number of rotatable bonds is 3. The van der Waals surface area contributed by atoms with Crippen molar-refractivity contribution in [1.29, 1.82) is 0 Å². The van der Waals surface area contributed by atoms with Gasteiger partial charge in [-0.15, -0.1) is 0 Å². The monoisotopic (exact) mass is 245 g/mol. The first-order valence-corrected chi connectivity index (χ1v) is 5.77. The van der Waals surface area contributed by atoms with Gasteiger partial charge in [0, 0.05) is 19.2 Å². The summed E-state index contributed by atoms with van der Waals surface area (Å²) in [5, 5.41) is 9.10. The Morgan fingerprint density at radius 1 is 1.28 bits per heavy atom. The number of carboxylic acids is 1. The molecular weight excluding hydrogens is 230 g/mol. The summed E-state index contributed by atoms with van der Waals surface area (Å²) in [6.45, 7) is 2.08. The van der Waals surface area contributed by atoms with Crippen molar-refractivity contribution in [3.05, 3.63) is 47.2 Å². The Kier molecular flexibility index (Phi) is 3.19. The van der Waals surface area contributed by atoms with Gasteiger partial charge in [-0.3, -0.25) is 9.59 Å². The first kappa shape index (κ1) is 12.4. The topological polar surface area (TPSA) is 57.6 Å². The number of hydrogen-bond acceptors (Lipinski definition) is 3. The minimum atomic E-state index is -0.879. The fourth-order valence-corrected chi connectivity index (χ4v) is 2.31. The molecule has 1 aliphatic rings. The second-order valence-corrected chi connectivity index (χ2v) is 4.50. The van der Waals surface area contributed by atoms with E-state index in [0.717, 1.165) is 0 Å². The third-order valence-corrected chi connectivity index (χ3v) is 3.28. The van der Waals surface area contributed by atoms with Crippen molar-refractivity contribution in [3.63, 3.8) is 0 Å². The van der Waals surface area contributed by atoms with Gasteiger partial charge in [-0.05, 0) is 12.5 Å². The van der Waals surface area contributed by atoms with Gasteiger partial charge in [0.05, 0.1) is 11.6 Å². The first-order valence-electron chi connectivity index (χ1n) is 5.77. The van der Waals surface area contributed by atoms with Gasteiger partial charge in [-0.2, -0.15) is 0 Å². The molecule has 0 aromatic heterocycles. The van der Waals surface area contributed by atoms with Crippen molar-refractivity contribution in [2.75, 3.05) is 13.6 Å². The Morgan fingerprint density at radius 3 is 2.39 bits per heavy atom. The SMILES string of the molecule is CC1=C(C(=O)c2ccccc2)N(C)CC1C(=O)O. The summed E-state index contributed by atoms with van der Waals surface area (Å²) in [5.41, 5.74) is 1.73. The number of allylic oxidation sites excluding steroid dienone is 1. The lowest BCUT2D eigenvalue weighted by Crippen LogP contribution is -2.23. The number of benzene rings is 1. The molecule has 0 amide bonds. The van der Waals surface area contributed by atoms with Crippen LogP contribution in [0.2, 0.25) is 0 Å². The van der Waals surface area contributed by atoms with Crippen molar-refractivity contribution in [1.82, 2.24) is 4.90 Å². The second kappa shape index (κ2) is 4.64. The largest absolute Gasteiger partial charge is 0.481 e. The van der Waals surface area contributed by atoms with Crippen molar-refractivity contribution < 1.29 is 14.7 Å². The molecule has 1 atom stereocenters. The minimum absolute atomic E-state index is 0.112. The van der Waals surface area contributed by atoms with Crippen LogP contribution in [-0.4, -0.2) is 35.4 Å². The van der Waals surface area contributed by atoms with Gasteiger partial charge >= 0.3 is 5.97 Å². The average molecular weight is 245 g/mol. The smallest absolute Gasteiger partial charge is 0.312 e. The number of aliphatic carboxylic acids is 1. The molecule has 0 radical (unpaired) electrons. The van der Waals surface area contributed by atoms with Crippen LogP contribution in [0.5, 0.6) is 0 Å². The van der Waals surface area contributed by atoms with Crippen molar-refractivity contribution in [2.45, 2.75) is 6.92 Å². The molecule has 0 spiro atoms. The van der Waals surface area contributed by atoms with E-state index in [0.29, 0.717) is 23.4 Å². The molecule has 0 saturated heterocycles. The lowest BCUT2D eigenvalue weighted by molar-refractivity contribution is -0.140. The summed E-state index contributed by atoms with van der Waals surface area (Å²) in [6, 6.07) is 8.92. The molecule has 1 heterocycles.